The molecule has 1 aliphatic rings. The minimum Gasteiger partial charge on any atom is -0.394 e. The molecule has 1 saturated heterocycles. The SMILES string of the molecule is OCCOCCC1CNCCN1. The summed E-state index contributed by atoms with van der Waals surface area (Å²) in [6.45, 7) is 4.46. The van der Waals surface area contributed by atoms with Crippen molar-refractivity contribution < 1.29 is 9.84 Å². The van der Waals surface area contributed by atoms with Gasteiger partial charge in [0, 0.05) is 32.3 Å². The highest BCUT2D eigenvalue weighted by atomic mass is 16.5. The normalized spacial score (nSPS) is 24.2. The molecule has 72 valence electrons. The quantitative estimate of drug-likeness (QED) is 0.465. The summed E-state index contributed by atoms with van der Waals surface area (Å²) in [5.74, 6) is 0. The Morgan fingerprint density at radius 3 is 2.92 bits per heavy atom. The van der Waals surface area contributed by atoms with E-state index >= 15 is 0 Å². The van der Waals surface area contributed by atoms with Crippen molar-refractivity contribution in [2.24, 2.45) is 0 Å². The Balaban J connectivity index is 1.91. The fourth-order valence-electron chi connectivity index (χ4n) is 1.31. The summed E-state index contributed by atoms with van der Waals surface area (Å²) < 4.78 is 5.17. The van der Waals surface area contributed by atoms with Crippen LogP contribution in [0.2, 0.25) is 0 Å². The maximum Gasteiger partial charge on any atom is 0.0697 e. The minimum absolute atomic E-state index is 0.121. The van der Waals surface area contributed by atoms with Gasteiger partial charge in [0.05, 0.1) is 13.2 Å². The summed E-state index contributed by atoms with van der Waals surface area (Å²) in [4.78, 5) is 0. The molecule has 4 heteroatoms. The first-order chi connectivity index (χ1) is 5.93. The van der Waals surface area contributed by atoms with Gasteiger partial charge in [0.25, 0.3) is 0 Å². The maximum absolute atomic E-state index is 8.45. The highest BCUT2D eigenvalue weighted by molar-refractivity contribution is 4.74. The second kappa shape index (κ2) is 6.37. The predicted molar refractivity (Wildman–Crippen MR) is 47.2 cm³/mol. The summed E-state index contributed by atoms with van der Waals surface area (Å²) in [5.41, 5.74) is 0. The molecular formula is C8H18N2O2. The number of nitrogens with one attached hydrogen (secondary N) is 2. The van der Waals surface area contributed by atoms with E-state index < -0.39 is 0 Å². The van der Waals surface area contributed by atoms with Crippen LogP contribution < -0.4 is 10.6 Å². The maximum atomic E-state index is 8.45. The van der Waals surface area contributed by atoms with Gasteiger partial charge in [-0.2, -0.15) is 0 Å². The van der Waals surface area contributed by atoms with E-state index in [0.717, 1.165) is 32.7 Å². The van der Waals surface area contributed by atoms with E-state index in [2.05, 4.69) is 10.6 Å². The van der Waals surface area contributed by atoms with Crippen molar-refractivity contribution in [1.82, 2.24) is 10.6 Å². The number of piperazine rings is 1. The van der Waals surface area contributed by atoms with Gasteiger partial charge in [-0.1, -0.05) is 0 Å². The number of aliphatic hydroxyl groups excluding tert-OH is 1. The van der Waals surface area contributed by atoms with Crippen molar-refractivity contribution in [2.45, 2.75) is 12.5 Å². The Bertz CT molecular complexity index is 105. The van der Waals surface area contributed by atoms with Crippen LogP contribution in [0.4, 0.5) is 0 Å². The molecule has 1 unspecified atom stereocenters. The molecule has 1 aliphatic heterocycles. The number of rotatable bonds is 5. The average Bonchev–Trinajstić information content (AvgIpc) is 2.14. The lowest BCUT2D eigenvalue weighted by atomic mass is 10.2. The number of aliphatic hydroxyl groups is 1. The molecule has 0 saturated carbocycles. The second-order valence-corrected chi connectivity index (χ2v) is 2.98. The highest BCUT2D eigenvalue weighted by Crippen LogP contribution is 1.94. The highest BCUT2D eigenvalue weighted by Gasteiger charge is 2.10. The van der Waals surface area contributed by atoms with E-state index in [1.165, 1.54) is 0 Å². The molecule has 0 spiro atoms. The van der Waals surface area contributed by atoms with Crippen molar-refractivity contribution in [3.63, 3.8) is 0 Å². The van der Waals surface area contributed by atoms with Crippen molar-refractivity contribution in [3.8, 4) is 0 Å². The molecule has 12 heavy (non-hydrogen) atoms. The Kier molecular flexibility index (Phi) is 5.27. The van der Waals surface area contributed by atoms with Gasteiger partial charge < -0.3 is 20.5 Å². The van der Waals surface area contributed by atoms with Gasteiger partial charge in [-0.05, 0) is 6.42 Å². The zero-order valence-electron chi connectivity index (χ0n) is 7.38. The van der Waals surface area contributed by atoms with Crippen LogP contribution in [-0.4, -0.2) is 50.6 Å². The lowest BCUT2D eigenvalue weighted by Gasteiger charge is -2.24. The minimum atomic E-state index is 0.121. The van der Waals surface area contributed by atoms with Gasteiger partial charge >= 0.3 is 0 Å². The zero-order valence-corrected chi connectivity index (χ0v) is 7.38. The molecule has 0 aromatic carbocycles. The third-order valence-corrected chi connectivity index (χ3v) is 1.97. The summed E-state index contributed by atoms with van der Waals surface area (Å²) in [6.07, 6.45) is 1.02. The fourth-order valence-corrected chi connectivity index (χ4v) is 1.31. The first-order valence-corrected chi connectivity index (χ1v) is 4.56. The molecule has 0 amide bonds. The summed E-state index contributed by atoms with van der Waals surface area (Å²) >= 11 is 0. The van der Waals surface area contributed by atoms with Gasteiger partial charge in [0.2, 0.25) is 0 Å². The molecule has 1 fully saturated rings. The lowest BCUT2D eigenvalue weighted by molar-refractivity contribution is 0.0848. The van der Waals surface area contributed by atoms with Crippen LogP contribution in [0.1, 0.15) is 6.42 Å². The van der Waals surface area contributed by atoms with Gasteiger partial charge in [-0.25, -0.2) is 0 Å². The zero-order chi connectivity index (χ0) is 8.65. The third kappa shape index (κ3) is 4.01. The summed E-state index contributed by atoms with van der Waals surface area (Å²) in [5, 5.41) is 15.1. The van der Waals surface area contributed by atoms with E-state index in [0.29, 0.717) is 12.6 Å². The van der Waals surface area contributed by atoms with E-state index in [4.69, 9.17) is 9.84 Å². The molecule has 1 heterocycles. The van der Waals surface area contributed by atoms with E-state index in [1.54, 1.807) is 0 Å². The Morgan fingerprint density at radius 2 is 2.25 bits per heavy atom. The van der Waals surface area contributed by atoms with Crippen LogP contribution in [-0.2, 0) is 4.74 Å². The number of hydrogen-bond acceptors (Lipinski definition) is 4. The molecule has 4 nitrogen and oxygen atoms in total. The van der Waals surface area contributed by atoms with Crippen LogP contribution in [0.25, 0.3) is 0 Å². The van der Waals surface area contributed by atoms with Gasteiger partial charge in [0.1, 0.15) is 0 Å². The lowest BCUT2D eigenvalue weighted by Crippen LogP contribution is -2.48. The van der Waals surface area contributed by atoms with Gasteiger partial charge in [0.15, 0.2) is 0 Å². The molecule has 0 aromatic rings. The molecule has 0 aromatic heterocycles. The second-order valence-electron chi connectivity index (χ2n) is 2.98. The van der Waals surface area contributed by atoms with E-state index in [1.807, 2.05) is 0 Å². The Hall–Kier alpha value is -0.160. The summed E-state index contributed by atoms with van der Waals surface area (Å²) in [6, 6.07) is 0.539. The Labute approximate surface area is 73.3 Å². The fraction of sp³-hybridized carbons (Fsp3) is 1.00. The molecule has 1 rings (SSSR count). The number of hydrogen-bond donors (Lipinski definition) is 3. The largest absolute Gasteiger partial charge is 0.394 e. The topological polar surface area (TPSA) is 53.5 Å². The average molecular weight is 174 g/mol. The predicted octanol–water partition coefficient (Wildman–Crippen LogP) is -1.05. The first kappa shape index (κ1) is 9.92. The summed E-state index contributed by atoms with van der Waals surface area (Å²) in [7, 11) is 0. The smallest absolute Gasteiger partial charge is 0.0697 e. The van der Waals surface area contributed by atoms with Gasteiger partial charge in [-0.3, -0.25) is 0 Å². The van der Waals surface area contributed by atoms with Crippen molar-refractivity contribution in [3.05, 3.63) is 0 Å². The molecular weight excluding hydrogens is 156 g/mol. The molecule has 1 atom stereocenters. The number of ether oxygens (including phenoxy) is 1. The van der Waals surface area contributed by atoms with Crippen LogP contribution in [0, 0.1) is 0 Å². The third-order valence-electron chi connectivity index (χ3n) is 1.97. The van der Waals surface area contributed by atoms with Crippen LogP contribution in [0.3, 0.4) is 0 Å². The van der Waals surface area contributed by atoms with Crippen molar-refractivity contribution in [2.75, 3.05) is 39.5 Å². The standard InChI is InChI=1S/C8H18N2O2/c11-4-6-12-5-1-8-7-9-2-3-10-8/h8-11H,1-7H2. The van der Waals surface area contributed by atoms with Crippen molar-refractivity contribution >= 4 is 0 Å². The van der Waals surface area contributed by atoms with Crippen molar-refractivity contribution in [1.29, 1.82) is 0 Å². The first-order valence-electron chi connectivity index (χ1n) is 4.56. The van der Waals surface area contributed by atoms with Crippen LogP contribution in [0.15, 0.2) is 0 Å². The van der Waals surface area contributed by atoms with Crippen LogP contribution >= 0.6 is 0 Å². The van der Waals surface area contributed by atoms with Gasteiger partial charge in [-0.15, -0.1) is 0 Å². The molecule has 0 bridgehead atoms. The molecule has 0 aliphatic carbocycles. The van der Waals surface area contributed by atoms with E-state index in [9.17, 15) is 0 Å². The van der Waals surface area contributed by atoms with Crippen LogP contribution in [0.5, 0.6) is 0 Å². The van der Waals surface area contributed by atoms with E-state index in [-0.39, 0.29) is 6.61 Å². The Morgan fingerprint density at radius 1 is 1.33 bits per heavy atom. The molecule has 3 N–H and O–H groups in total. The monoisotopic (exact) mass is 174 g/mol. The molecule has 0 radical (unpaired) electrons.